The van der Waals surface area contributed by atoms with Crippen LogP contribution in [0.4, 0.5) is 4.39 Å². The molecule has 1 unspecified atom stereocenters. The van der Waals surface area contributed by atoms with Gasteiger partial charge in [-0.1, -0.05) is 24.3 Å². The average molecular weight is 442 g/mol. The number of rotatable bonds is 5. The summed E-state index contributed by atoms with van der Waals surface area (Å²) in [6.07, 6.45) is 6.43. The molecule has 7 heteroatoms. The molecule has 6 rings (SSSR count). The molecule has 1 aliphatic carbocycles. The molecule has 1 amide bonds. The van der Waals surface area contributed by atoms with Crippen molar-refractivity contribution in [2.75, 3.05) is 13.1 Å². The Balaban J connectivity index is 1.22. The Morgan fingerprint density at radius 3 is 2.79 bits per heavy atom. The van der Waals surface area contributed by atoms with E-state index >= 15 is 4.39 Å². The molecule has 4 aromatic rings. The van der Waals surface area contributed by atoms with Crippen LogP contribution in [0.3, 0.4) is 0 Å². The zero-order chi connectivity index (χ0) is 22.4. The van der Waals surface area contributed by atoms with Crippen LogP contribution < -0.4 is 0 Å². The molecule has 1 saturated heterocycles. The lowest BCUT2D eigenvalue weighted by molar-refractivity contribution is -0.131. The van der Waals surface area contributed by atoms with Crippen molar-refractivity contribution in [1.29, 1.82) is 0 Å². The van der Waals surface area contributed by atoms with E-state index in [1.165, 1.54) is 6.07 Å². The minimum absolute atomic E-state index is 0.250. The number of likely N-dealkylation sites (tertiary alicyclic amines) is 1. The maximum Gasteiger partial charge on any atom is 0.225 e. The van der Waals surface area contributed by atoms with Crippen molar-refractivity contribution >= 4 is 16.8 Å². The van der Waals surface area contributed by atoms with E-state index in [9.17, 15) is 4.79 Å². The number of benzene rings is 2. The Labute approximate surface area is 191 Å². The summed E-state index contributed by atoms with van der Waals surface area (Å²) in [5.74, 6) is 1.05. The second kappa shape index (κ2) is 8.06. The van der Waals surface area contributed by atoms with Gasteiger partial charge in [0.1, 0.15) is 12.1 Å². The zero-order valence-corrected chi connectivity index (χ0v) is 18.2. The highest BCUT2D eigenvalue weighted by atomic mass is 19.1. The molecule has 166 valence electrons. The number of amides is 1. The van der Waals surface area contributed by atoms with Gasteiger partial charge in [-0.05, 0) is 55.0 Å². The van der Waals surface area contributed by atoms with Gasteiger partial charge in [0.2, 0.25) is 5.91 Å². The van der Waals surface area contributed by atoms with Gasteiger partial charge in [0.25, 0.3) is 0 Å². The predicted molar refractivity (Wildman–Crippen MR) is 124 cm³/mol. The summed E-state index contributed by atoms with van der Waals surface area (Å²) in [5.41, 5.74) is 2.97. The Morgan fingerprint density at radius 2 is 1.94 bits per heavy atom. The number of carbonyl (C=O) groups is 1. The normalized spacial score (nSPS) is 18.2. The highest BCUT2D eigenvalue weighted by Crippen LogP contribution is 2.34. The van der Waals surface area contributed by atoms with Gasteiger partial charge >= 0.3 is 0 Å². The molecule has 0 spiro atoms. The second-order valence-corrected chi connectivity index (χ2v) is 9.13. The van der Waals surface area contributed by atoms with Crippen LogP contribution in [0.15, 0.2) is 61.1 Å². The van der Waals surface area contributed by atoms with Crippen LogP contribution in [0.2, 0.25) is 0 Å². The highest BCUT2D eigenvalue weighted by Gasteiger charge is 2.36. The fourth-order valence-electron chi connectivity index (χ4n) is 4.75. The highest BCUT2D eigenvalue weighted by molar-refractivity contribution is 5.84. The van der Waals surface area contributed by atoms with Crippen LogP contribution in [0.5, 0.6) is 0 Å². The number of hydrogen-bond acceptors (Lipinski definition) is 4. The van der Waals surface area contributed by atoms with E-state index in [4.69, 9.17) is 0 Å². The number of carbonyl (C=O) groups excluding carboxylic acids is 1. The predicted octanol–water partition coefficient (Wildman–Crippen LogP) is 4.56. The Kier molecular flexibility index (Phi) is 4.89. The Morgan fingerprint density at radius 1 is 1.06 bits per heavy atom. The van der Waals surface area contributed by atoms with Crippen LogP contribution in [-0.4, -0.2) is 43.6 Å². The number of pyridine rings is 1. The third-order valence-corrected chi connectivity index (χ3v) is 6.73. The zero-order valence-electron chi connectivity index (χ0n) is 18.2. The smallest absolute Gasteiger partial charge is 0.225 e. The van der Waals surface area contributed by atoms with Crippen molar-refractivity contribution in [1.82, 2.24) is 24.6 Å². The third kappa shape index (κ3) is 3.88. The van der Waals surface area contributed by atoms with E-state index in [2.05, 4.69) is 15.2 Å². The van der Waals surface area contributed by atoms with Gasteiger partial charge in [-0.15, -0.1) is 10.2 Å². The maximum absolute atomic E-state index is 15.2. The quantitative estimate of drug-likeness (QED) is 0.456. The third-order valence-electron chi connectivity index (χ3n) is 6.73. The molecule has 0 N–H and O–H groups in total. The van der Waals surface area contributed by atoms with Crippen molar-refractivity contribution in [3.8, 4) is 22.5 Å². The number of hydrogen-bond donors (Lipinski definition) is 0. The monoisotopic (exact) mass is 441 g/mol. The fourth-order valence-corrected chi connectivity index (χ4v) is 4.75. The molecule has 2 aliphatic rings. The van der Waals surface area contributed by atoms with Gasteiger partial charge in [-0.3, -0.25) is 9.78 Å². The van der Waals surface area contributed by atoms with Crippen molar-refractivity contribution in [3.05, 3.63) is 66.9 Å². The van der Waals surface area contributed by atoms with Crippen LogP contribution in [0.25, 0.3) is 33.4 Å². The molecule has 0 radical (unpaired) electrons. The van der Waals surface area contributed by atoms with Crippen molar-refractivity contribution in [3.63, 3.8) is 0 Å². The standard InChI is InChI=1S/C26H24FN5O/c27-23-12-19(21-11-20-3-1-2-4-24(20)28-13-21)7-8-22(23)25-30-29-16-32(25)15-17-9-10-31(14-17)26(33)18-5-6-18/h1-4,7-8,11-13,16-18H,5-6,9-10,14-15H2. The number of halogens is 1. The minimum atomic E-state index is -0.341. The van der Waals surface area contributed by atoms with E-state index in [0.29, 0.717) is 29.8 Å². The maximum atomic E-state index is 15.2. The van der Waals surface area contributed by atoms with Crippen LogP contribution in [0.1, 0.15) is 19.3 Å². The van der Waals surface area contributed by atoms with E-state index in [0.717, 1.165) is 54.4 Å². The summed E-state index contributed by atoms with van der Waals surface area (Å²) >= 11 is 0. The molecule has 1 saturated carbocycles. The SMILES string of the molecule is O=C(C1CC1)N1CCC(Cn2cnnc2-c2ccc(-c3cnc4ccccc4c3)cc2F)C1. The van der Waals surface area contributed by atoms with Crippen LogP contribution in [0, 0.1) is 17.7 Å². The molecule has 0 bridgehead atoms. The second-order valence-electron chi connectivity index (χ2n) is 9.13. The van der Waals surface area contributed by atoms with Crippen molar-refractivity contribution in [2.45, 2.75) is 25.8 Å². The number of fused-ring (bicyclic) bond motifs is 1. The average Bonchev–Trinajstić information content (AvgIpc) is 3.42. The van der Waals surface area contributed by atoms with Gasteiger partial charge in [0, 0.05) is 42.7 Å². The van der Waals surface area contributed by atoms with Crippen molar-refractivity contribution < 1.29 is 9.18 Å². The van der Waals surface area contributed by atoms with E-state index in [-0.39, 0.29) is 11.7 Å². The largest absolute Gasteiger partial charge is 0.342 e. The summed E-state index contributed by atoms with van der Waals surface area (Å²) in [4.78, 5) is 18.8. The summed E-state index contributed by atoms with van der Waals surface area (Å²) in [5, 5.41) is 9.27. The summed E-state index contributed by atoms with van der Waals surface area (Å²) < 4.78 is 17.1. The van der Waals surface area contributed by atoms with E-state index in [1.807, 2.05) is 45.9 Å². The first kappa shape index (κ1) is 20.0. The molecule has 3 heterocycles. The minimum Gasteiger partial charge on any atom is -0.342 e. The number of nitrogens with zero attached hydrogens (tertiary/aromatic N) is 5. The van der Waals surface area contributed by atoms with E-state index < -0.39 is 0 Å². The lowest BCUT2D eigenvalue weighted by Crippen LogP contribution is -2.30. The first-order chi connectivity index (χ1) is 16.2. The van der Waals surface area contributed by atoms with Gasteiger partial charge in [-0.2, -0.15) is 0 Å². The van der Waals surface area contributed by atoms with Gasteiger partial charge in [0.15, 0.2) is 5.82 Å². The van der Waals surface area contributed by atoms with Crippen LogP contribution >= 0.6 is 0 Å². The molecule has 2 aromatic heterocycles. The lowest BCUT2D eigenvalue weighted by Gasteiger charge is -2.17. The molecular weight excluding hydrogens is 417 g/mol. The number of para-hydroxylation sites is 1. The van der Waals surface area contributed by atoms with Gasteiger partial charge in [-0.25, -0.2) is 4.39 Å². The van der Waals surface area contributed by atoms with Crippen molar-refractivity contribution in [2.24, 2.45) is 11.8 Å². The molecule has 6 nitrogen and oxygen atoms in total. The topological polar surface area (TPSA) is 63.9 Å². The molecule has 1 atom stereocenters. The van der Waals surface area contributed by atoms with Crippen LogP contribution in [-0.2, 0) is 11.3 Å². The lowest BCUT2D eigenvalue weighted by atomic mass is 10.0. The molecule has 2 fully saturated rings. The molecular formula is C26H24FN5O. The Bertz CT molecular complexity index is 1350. The molecule has 2 aromatic carbocycles. The first-order valence-corrected chi connectivity index (χ1v) is 11.5. The summed E-state index contributed by atoms with van der Waals surface area (Å²) in [7, 11) is 0. The van der Waals surface area contributed by atoms with Gasteiger partial charge in [0.05, 0.1) is 11.1 Å². The summed E-state index contributed by atoms with van der Waals surface area (Å²) in [6, 6.07) is 15.1. The fraction of sp³-hybridized carbons (Fsp3) is 0.308. The summed E-state index contributed by atoms with van der Waals surface area (Å²) in [6.45, 7) is 2.23. The Hall–Kier alpha value is -3.61. The van der Waals surface area contributed by atoms with E-state index in [1.54, 1.807) is 18.6 Å². The number of aromatic nitrogens is 4. The van der Waals surface area contributed by atoms with Gasteiger partial charge < -0.3 is 9.47 Å². The molecule has 33 heavy (non-hydrogen) atoms. The molecule has 1 aliphatic heterocycles. The first-order valence-electron chi connectivity index (χ1n) is 11.5.